The fraction of sp³-hybridized carbons (Fsp3) is 0.0909. The lowest BCUT2D eigenvalue weighted by atomic mass is 10.0. The average molecular weight is 244 g/mol. The summed E-state index contributed by atoms with van der Waals surface area (Å²) in [6.45, 7) is 0. The summed E-state index contributed by atoms with van der Waals surface area (Å²) in [5.74, 6) is -3.18. The maximum Gasteiger partial charge on any atom is 0.135 e. The lowest BCUT2D eigenvalue weighted by molar-refractivity contribution is 0.209. The van der Waals surface area contributed by atoms with Gasteiger partial charge in [-0.3, -0.25) is 0 Å². The van der Waals surface area contributed by atoms with E-state index in [1.54, 1.807) is 16.8 Å². The number of rotatable bonds is 2. The summed E-state index contributed by atoms with van der Waals surface area (Å²) in [7, 11) is 0. The number of aliphatic hydroxyl groups excluding tert-OH is 1. The van der Waals surface area contributed by atoms with Crippen molar-refractivity contribution in [1.29, 1.82) is 0 Å². The monoisotopic (exact) mass is 244 g/mol. The Morgan fingerprint density at radius 3 is 2.25 bits per heavy atom. The van der Waals surface area contributed by atoms with E-state index in [0.717, 1.165) is 0 Å². The Balaban J connectivity index is 2.48. The quantitative estimate of drug-likeness (QED) is 0.859. The van der Waals surface area contributed by atoms with Crippen molar-refractivity contribution in [2.75, 3.05) is 0 Å². The van der Waals surface area contributed by atoms with E-state index >= 15 is 0 Å². The van der Waals surface area contributed by atoms with Crippen LogP contribution in [0.2, 0.25) is 0 Å². The molecule has 1 heterocycles. The molecular weight excluding hydrogens is 237 g/mol. The Kier molecular flexibility index (Phi) is 2.98. The molecule has 0 radical (unpaired) electrons. The van der Waals surface area contributed by atoms with E-state index in [0.29, 0.717) is 17.7 Å². The molecule has 5 heteroatoms. The van der Waals surface area contributed by atoms with Gasteiger partial charge in [-0.2, -0.15) is 11.3 Å². The van der Waals surface area contributed by atoms with Crippen LogP contribution in [0.15, 0.2) is 29.0 Å². The van der Waals surface area contributed by atoms with Crippen LogP contribution >= 0.6 is 11.3 Å². The highest BCUT2D eigenvalue weighted by Crippen LogP contribution is 2.28. The molecule has 0 saturated carbocycles. The number of halogens is 3. The zero-order chi connectivity index (χ0) is 11.7. The molecular formula is C11H7F3OS. The molecule has 1 atom stereocenters. The second-order valence-electron chi connectivity index (χ2n) is 3.24. The van der Waals surface area contributed by atoms with Gasteiger partial charge >= 0.3 is 0 Å². The minimum absolute atomic E-state index is 0.384. The van der Waals surface area contributed by atoms with Gasteiger partial charge in [-0.1, -0.05) is 0 Å². The maximum atomic E-state index is 13.3. The smallest absolute Gasteiger partial charge is 0.135 e. The van der Waals surface area contributed by atoms with E-state index in [2.05, 4.69) is 0 Å². The summed E-state index contributed by atoms with van der Waals surface area (Å²) >= 11 is 1.30. The molecule has 16 heavy (non-hydrogen) atoms. The molecule has 0 aliphatic heterocycles. The lowest BCUT2D eigenvalue weighted by Gasteiger charge is -2.11. The molecule has 1 nitrogen and oxygen atoms in total. The van der Waals surface area contributed by atoms with Gasteiger partial charge in [0.1, 0.15) is 23.6 Å². The molecule has 1 unspecified atom stereocenters. The van der Waals surface area contributed by atoms with Crippen molar-refractivity contribution in [2.24, 2.45) is 0 Å². The lowest BCUT2D eigenvalue weighted by Crippen LogP contribution is -2.05. The summed E-state index contributed by atoms with van der Waals surface area (Å²) in [5.41, 5.74) is -0.144. The van der Waals surface area contributed by atoms with E-state index < -0.39 is 29.1 Å². The number of aliphatic hydroxyl groups is 1. The van der Waals surface area contributed by atoms with Crippen molar-refractivity contribution in [3.63, 3.8) is 0 Å². The fourth-order valence-corrected chi connectivity index (χ4v) is 2.09. The van der Waals surface area contributed by atoms with Crippen LogP contribution in [0, 0.1) is 17.5 Å². The second-order valence-corrected chi connectivity index (χ2v) is 4.02. The Morgan fingerprint density at radius 2 is 1.75 bits per heavy atom. The molecule has 2 rings (SSSR count). The molecule has 1 N–H and O–H groups in total. The molecule has 84 valence electrons. The summed E-state index contributed by atoms with van der Waals surface area (Å²) in [6.07, 6.45) is -1.41. The highest BCUT2D eigenvalue weighted by molar-refractivity contribution is 7.07. The van der Waals surface area contributed by atoms with Gasteiger partial charge < -0.3 is 5.11 Å². The van der Waals surface area contributed by atoms with E-state index in [1.165, 1.54) is 11.3 Å². The molecule has 2 aromatic rings. The zero-order valence-electron chi connectivity index (χ0n) is 7.95. The topological polar surface area (TPSA) is 20.2 Å². The van der Waals surface area contributed by atoms with Crippen LogP contribution in [-0.4, -0.2) is 5.11 Å². The van der Waals surface area contributed by atoms with Gasteiger partial charge in [0, 0.05) is 12.1 Å². The van der Waals surface area contributed by atoms with E-state index in [9.17, 15) is 18.3 Å². The van der Waals surface area contributed by atoms with Crippen molar-refractivity contribution in [1.82, 2.24) is 0 Å². The van der Waals surface area contributed by atoms with Crippen molar-refractivity contribution in [3.8, 4) is 0 Å². The van der Waals surface area contributed by atoms with Crippen LogP contribution < -0.4 is 0 Å². The highest BCUT2D eigenvalue weighted by Gasteiger charge is 2.21. The predicted octanol–water partition coefficient (Wildman–Crippen LogP) is 3.25. The number of hydrogen-bond acceptors (Lipinski definition) is 2. The van der Waals surface area contributed by atoms with E-state index in [4.69, 9.17) is 0 Å². The molecule has 1 aromatic carbocycles. The highest BCUT2D eigenvalue weighted by atomic mass is 32.1. The maximum absolute atomic E-state index is 13.3. The first-order valence-corrected chi connectivity index (χ1v) is 5.38. The van der Waals surface area contributed by atoms with Gasteiger partial charge in [0.2, 0.25) is 0 Å². The van der Waals surface area contributed by atoms with Gasteiger partial charge in [-0.05, 0) is 22.4 Å². The van der Waals surface area contributed by atoms with Gasteiger partial charge in [-0.25, -0.2) is 13.2 Å². The molecule has 0 aliphatic carbocycles. The van der Waals surface area contributed by atoms with Gasteiger partial charge in [0.05, 0.1) is 5.56 Å². The van der Waals surface area contributed by atoms with Crippen molar-refractivity contribution < 1.29 is 18.3 Å². The summed E-state index contributed by atoms with van der Waals surface area (Å²) in [5, 5.41) is 13.0. The number of hydrogen-bond donors (Lipinski definition) is 1. The van der Waals surface area contributed by atoms with Gasteiger partial charge in [0.25, 0.3) is 0 Å². The first-order valence-electron chi connectivity index (χ1n) is 4.44. The average Bonchev–Trinajstić information content (AvgIpc) is 2.67. The van der Waals surface area contributed by atoms with Crippen molar-refractivity contribution in [2.45, 2.75) is 6.10 Å². The fourth-order valence-electron chi connectivity index (χ4n) is 1.41. The Morgan fingerprint density at radius 1 is 1.12 bits per heavy atom. The number of benzene rings is 1. The largest absolute Gasteiger partial charge is 0.383 e. The van der Waals surface area contributed by atoms with Crippen LogP contribution in [0.3, 0.4) is 0 Å². The zero-order valence-corrected chi connectivity index (χ0v) is 8.77. The van der Waals surface area contributed by atoms with Crippen molar-refractivity contribution >= 4 is 11.3 Å². The molecule has 0 amide bonds. The third-order valence-electron chi connectivity index (χ3n) is 2.18. The molecule has 1 aromatic heterocycles. The SMILES string of the molecule is OC(c1ccsc1)c1c(F)cc(F)cc1F. The van der Waals surface area contributed by atoms with Crippen LogP contribution in [0.25, 0.3) is 0 Å². The van der Waals surface area contributed by atoms with Crippen LogP contribution in [0.1, 0.15) is 17.2 Å². The first-order chi connectivity index (χ1) is 7.59. The molecule has 0 bridgehead atoms. The normalized spacial score (nSPS) is 12.8. The van der Waals surface area contributed by atoms with Gasteiger partial charge in [-0.15, -0.1) is 0 Å². The summed E-state index contributed by atoms with van der Waals surface area (Å²) in [6, 6.07) is 2.65. The first kappa shape index (κ1) is 11.2. The van der Waals surface area contributed by atoms with E-state index in [-0.39, 0.29) is 0 Å². The third kappa shape index (κ3) is 1.96. The summed E-state index contributed by atoms with van der Waals surface area (Å²) < 4.78 is 39.3. The van der Waals surface area contributed by atoms with Gasteiger partial charge in [0.15, 0.2) is 0 Å². The molecule has 0 aliphatic rings. The molecule has 0 fully saturated rings. The van der Waals surface area contributed by atoms with Crippen LogP contribution in [0.4, 0.5) is 13.2 Å². The Bertz CT molecular complexity index is 473. The standard InChI is InChI=1S/C11H7F3OS/c12-7-3-8(13)10(9(14)4-7)11(15)6-1-2-16-5-6/h1-5,11,15H. The van der Waals surface area contributed by atoms with Crippen LogP contribution in [0.5, 0.6) is 0 Å². The number of thiophene rings is 1. The predicted molar refractivity (Wildman–Crippen MR) is 54.7 cm³/mol. The Labute approximate surface area is 93.8 Å². The third-order valence-corrected chi connectivity index (χ3v) is 2.88. The molecule has 0 spiro atoms. The minimum Gasteiger partial charge on any atom is -0.383 e. The van der Waals surface area contributed by atoms with E-state index in [1.807, 2.05) is 0 Å². The second kappa shape index (κ2) is 4.27. The summed E-state index contributed by atoms with van der Waals surface area (Å²) in [4.78, 5) is 0. The van der Waals surface area contributed by atoms with Crippen LogP contribution in [-0.2, 0) is 0 Å². The molecule has 0 saturated heterocycles. The minimum atomic E-state index is -1.41. The Hall–Kier alpha value is -1.33. The van der Waals surface area contributed by atoms with Crippen molar-refractivity contribution in [3.05, 3.63) is 57.5 Å².